The van der Waals surface area contributed by atoms with Gasteiger partial charge in [0.1, 0.15) is 24.7 Å². The third kappa shape index (κ3) is 10.3. The molecule has 6 nitrogen and oxygen atoms in total. The van der Waals surface area contributed by atoms with E-state index >= 15 is 0 Å². The van der Waals surface area contributed by atoms with Crippen molar-refractivity contribution in [3.05, 3.63) is 48.7 Å². The number of rotatable bonds is 12. The first-order chi connectivity index (χ1) is 15.5. The fourth-order valence-corrected chi connectivity index (χ4v) is 3.67. The van der Waals surface area contributed by atoms with Gasteiger partial charge in [0.2, 0.25) is 0 Å². The minimum atomic E-state index is -1.12. The van der Waals surface area contributed by atoms with Gasteiger partial charge in [0, 0.05) is 26.7 Å². The maximum absolute atomic E-state index is 13.2. The van der Waals surface area contributed by atoms with Crippen LogP contribution in [0.25, 0.3) is 11.3 Å². The molecule has 0 amide bonds. The van der Waals surface area contributed by atoms with Crippen LogP contribution in [-0.2, 0) is 21.0 Å². The first kappa shape index (κ1) is 26.8. The predicted molar refractivity (Wildman–Crippen MR) is 132 cm³/mol. The highest BCUT2D eigenvalue weighted by molar-refractivity contribution is 6.76. The van der Waals surface area contributed by atoms with Crippen LogP contribution < -0.4 is 4.74 Å². The van der Waals surface area contributed by atoms with Crippen molar-refractivity contribution in [3.8, 4) is 17.0 Å². The second kappa shape index (κ2) is 12.1. The summed E-state index contributed by atoms with van der Waals surface area (Å²) in [6, 6.07) is 8.66. The average Bonchev–Trinajstić information content (AvgIpc) is 3.18. The van der Waals surface area contributed by atoms with Gasteiger partial charge in [0.05, 0.1) is 24.5 Å². The highest BCUT2D eigenvalue weighted by Crippen LogP contribution is 2.23. The van der Waals surface area contributed by atoms with Gasteiger partial charge in [0.15, 0.2) is 0 Å². The Kier molecular flexibility index (Phi) is 9.85. The van der Waals surface area contributed by atoms with Gasteiger partial charge in [-0.3, -0.25) is 4.79 Å². The summed E-state index contributed by atoms with van der Waals surface area (Å²) in [5.74, 6) is 0.264. The Bertz CT molecular complexity index is 912. The molecule has 1 heterocycles. The van der Waals surface area contributed by atoms with Crippen molar-refractivity contribution in [1.82, 2.24) is 9.55 Å². The highest BCUT2D eigenvalue weighted by Gasteiger charge is 2.17. The Hall–Kier alpha value is -2.45. The van der Waals surface area contributed by atoms with E-state index < -0.39 is 13.7 Å². The molecule has 0 aliphatic rings. The van der Waals surface area contributed by atoms with Crippen molar-refractivity contribution in [1.29, 1.82) is 0 Å². The molecule has 1 aromatic heterocycles. The van der Waals surface area contributed by atoms with E-state index in [-0.39, 0.29) is 25.4 Å². The molecule has 0 N–H and O–H groups in total. The zero-order valence-corrected chi connectivity index (χ0v) is 21.7. The van der Waals surface area contributed by atoms with E-state index in [0.29, 0.717) is 24.4 Å². The molecule has 1 aromatic carbocycles. The van der Waals surface area contributed by atoms with Gasteiger partial charge in [-0.15, -0.1) is 0 Å². The maximum Gasteiger partial charge on any atom is 0.306 e. The molecule has 182 valence electrons. The van der Waals surface area contributed by atoms with Crippen molar-refractivity contribution in [3.63, 3.8) is 0 Å². The summed E-state index contributed by atoms with van der Waals surface area (Å²) in [4.78, 5) is 16.1. The van der Waals surface area contributed by atoms with Crippen molar-refractivity contribution >= 4 is 14.0 Å². The zero-order valence-electron chi connectivity index (χ0n) is 20.7. The molecule has 0 saturated heterocycles. The molecule has 33 heavy (non-hydrogen) atoms. The topological polar surface area (TPSA) is 62.6 Å². The Morgan fingerprint density at radius 3 is 2.45 bits per heavy atom. The van der Waals surface area contributed by atoms with Gasteiger partial charge >= 0.3 is 5.97 Å². The number of hydrogen-bond acceptors (Lipinski definition) is 5. The Balaban J connectivity index is 1.85. The Morgan fingerprint density at radius 2 is 1.85 bits per heavy atom. The fourth-order valence-electron chi connectivity index (χ4n) is 2.92. The van der Waals surface area contributed by atoms with E-state index in [0.717, 1.165) is 23.9 Å². The van der Waals surface area contributed by atoms with Crippen LogP contribution in [0.5, 0.6) is 5.75 Å². The number of nitrogens with zero attached hydrogens (tertiary/aromatic N) is 2. The molecule has 0 fully saturated rings. The van der Waals surface area contributed by atoms with Gasteiger partial charge in [-0.1, -0.05) is 19.6 Å². The average molecular weight is 477 g/mol. The van der Waals surface area contributed by atoms with Crippen LogP contribution in [-0.4, -0.2) is 42.4 Å². The second-order valence-corrected chi connectivity index (χ2v) is 15.9. The molecular weight excluding hydrogens is 439 g/mol. The van der Waals surface area contributed by atoms with E-state index in [4.69, 9.17) is 14.2 Å². The molecule has 0 bridgehead atoms. The minimum absolute atomic E-state index is 0.0709. The summed E-state index contributed by atoms with van der Waals surface area (Å²) < 4.78 is 32.0. The molecule has 0 spiro atoms. The number of carbonyl (C=O) groups excluding carboxylic acids is 1. The summed E-state index contributed by atoms with van der Waals surface area (Å²) in [5, 5.41) is 0. The molecule has 0 saturated carbocycles. The molecule has 2 aromatic rings. The lowest BCUT2D eigenvalue weighted by Crippen LogP contribution is -2.23. The molecule has 2 rings (SSSR count). The van der Waals surface area contributed by atoms with Crippen molar-refractivity contribution in [2.24, 2.45) is 0 Å². The fraction of sp³-hybridized carbons (Fsp3) is 0.520. The quantitative estimate of drug-likeness (QED) is 0.207. The second-order valence-electron chi connectivity index (χ2n) is 10.3. The summed E-state index contributed by atoms with van der Waals surface area (Å²) >= 11 is 0. The van der Waals surface area contributed by atoms with Gasteiger partial charge in [-0.2, -0.15) is 0 Å². The minimum Gasteiger partial charge on any atom is -0.489 e. The number of hydrogen-bond donors (Lipinski definition) is 0. The van der Waals surface area contributed by atoms with Crippen LogP contribution in [0.2, 0.25) is 25.7 Å². The summed E-state index contributed by atoms with van der Waals surface area (Å²) in [7, 11) is -1.12. The number of benzene rings is 1. The standard InChI is InChI=1S/C25H37FN2O4Si/c1-25(2,3)32-24(29)12-7-20(15-26)17-31-22-10-8-21(9-11-22)23-16-27-18-28(23)19-30-13-14-33(4,5)6/h8-11,15-16,18H,7,12-14,17,19H2,1-6H3/b20-15+. The molecule has 0 radical (unpaired) electrons. The number of imidazole rings is 1. The predicted octanol–water partition coefficient (Wildman–Crippen LogP) is 6.22. The van der Waals surface area contributed by atoms with Crippen LogP contribution in [0.1, 0.15) is 33.6 Å². The van der Waals surface area contributed by atoms with Crippen LogP contribution in [0.4, 0.5) is 4.39 Å². The lowest BCUT2D eigenvalue weighted by molar-refractivity contribution is -0.154. The Morgan fingerprint density at radius 1 is 1.15 bits per heavy atom. The van der Waals surface area contributed by atoms with E-state index in [9.17, 15) is 9.18 Å². The Labute approximate surface area is 197 Å². The molecule has 0 atom stereocenters. The van der Waals surface area contributed by atoms with E-state index in [2.05, 4.69) is 24.6 Å². The molecule has 8 heteroatoms. The number of ether oxygens (including phenoxy) is 3. The highest BCUT2D eigenvalue weighted by atomic mass is 28.3. The SMILES string of the molecule is CC(C)(C)OC(=O)CC/C(=C\F)COc1ccc(-c2cncn2COCC[Si](C)(C)C)cc1. The van der Waals surface area contributed by atoms with Crippen LogP contribution in [0.15, 0.2) is 48.7 Å². The van der Waals surface area contributed by atoms with Crippen molar-refractivity contribution in [2.45, 2.75) is 71.6 Å². The lowest BCUT2D eigenvalue weighted by atomic mass is 10.1. The maximum atomic E-state index is 13.2. The zero-order chi connectivity index (χ0) is 24.5. The van der Waals surface area contributed by atoms with E-state index in [1.807, 2.05) is 28.8 Å². The monoisotopic (exact) mass is 476 g/mol. The van der Waals surface area contributed by atoms with Crippen LogP contribution in [0.3, 0.4) is 0 Å². The van der Waals surface area contributed by atoms with Gasteiger partial charge < -0.3 is 18.8 Å². The number of esters is 1. The first-order valence-electron chi connectivity index (χ1n) is 11.3. The third-order valence-electron chi connectivity index (χ3n) is 4.74. The van der Waals surface area contributed by atoms with Crippen LogP contribution in [0, 0.1) is 0 Å². The van der Waals surface area contributed by atoms with E-state index in [1.54, 1.807) is 33.3 Å². The molecular formula is C25H37FN2O4Si. The number of aromatic nitrogens is 2. The van der Waals surface area contributed by atoms with Crippen molar-refractivity contribution < 1.29 is 23.4 Å². The summed E-state index contributed by atoms with van der Waals surface area (Å²) in [5.41, 5.74) is 1.79. The van der Waals surface area contributed by atoms with Gasteiger partial charge in [-0.25, -0.2) is 9.37 Å². The largest absolute Gasteiger partial charge is 0.489 e. The molecule has 0 aliphatic heterocycles. The molecule has 0 aliphatic carbocycles. The smallest absolute Gasteiger partial charge is 0.306 e. The normalized spacial score (nSPS) is 12.6. The summed E-state index contributed by atoms with van der Waals surface area (Å²) in [6.45, 7) is 13.7. The summed E-state index contributed by atoms with van der Waals surface area (Å²) in [6.07, 6.45) is 4.43. The number of halogens is 1. The lowest BCUT2D eigenvalue weighted by Gasteiger charge is -2.19. The van der Waals surface area contributed by atoms with Gasteiger partial charge in [-0.05, 0) is 63.1 Å². The van der Waals surface area contributed by atoms with Gasteiger partial charge in [0.25, 0.3) is 0 Å². The number of carbonyl (C=O) groups is 1. The molecule has 0 unspecified atom stereocenters. The van der Waals surface area contributed by atoms with E-state index in [1.165, 1.54) is 0 Å². The van der Waals surface area contributed by atoms with Crippen molar-refractivity contribution in [2.75, 3.05) is 13.2 Å². The van der Waals surface area contributed by atoms with Crippen LogP contribution >= 0.6 is 0 Å². The first-order valence-corrected chi connectivity index (χ1v) is 15.0. The third-order valence-corrected chi connectivity index (χ3v) is 6.44.